The van der Waals surface area contributed by atoms with Crippen LogP contribution in [0.5, 0.6) is 0 Å². The normalized spacial score (nSPS) is 9.89. The highest BCUT2D eigenvalue weighted by molar-refractivity contribution is 5.91. The predicted molar refractivity (Wildman–Crippen MR) is 69.9 cm³/mol. The Morgan fingerprint density at radius 2 is 2.11 bits per heavy atom. The van der Waals surface area contributed by atoms with Crippen molar-refractivity contribution in [1.29, 1.82) is 0 Å². The number of carbonyl (C=O) groups is 2. The molecule has 0 heterocycles. The summed E-state index contributed by atoms with van der Waals surface area (Å²) in [7, 11) is 1.68. The summed E-state index contributed by atoms with van der Waals surface area (Å²) in [6, 6.07) is 7.38. The fourth-order valence-electron chi connectivity index (χ4n) is 1.51. The van der Waals surface area contributed by atoms with Gasteiger partial charge in [0.2, 0.25) is 0 Å². The van der Waals surface area contributed by atoms with Crippen molar-refractivity contribution in [2.75, 3.05) is 18.5 Å². The quantitative estimate of drug-likeness (QED) is 0.785. The Hall–Kier alpha value is -2.04. The molecule has 98 valence electrons. The van der Waals surface area contributed by atoms with Gasteiger partial charge >= 0.3 is 12.0 Å². The average molecular weight is 250 g/mol. The molecule has 5 heteroatoms. The Morgan fingerprint density at radius 3 is 2.72 bits per heavy atom. The van der Waals surface area contributed by atoms with Crippen molar-refractivity contribution in [2.45, 2.75) is 19.8 Å². The molecule has 5 nitrogen and oxygen atoms in total. The van der Waals surface area contributed by atoms with Gasteiger partial charge in [-0.3, -0.25) is 9.69 Å². The first-order valence-corrected chi connectivity index (χ1v) is 5.80. The first-order chi connectivity index (χ1) is 8.50. The van der Waals surface area contributed by atoms with Crippen LogP contribution in [0.4, 0.5) is 10.5 Å². The van der Waals surface area contributed by atoms with Crippen LogP contribution in [0, 0.1) is 6.92 Å². The predicted octanol–water partition coefficient (Wildman–Crippen LogP) is 2.01. The van der Waals surface area contributed by atoms with Gasteiger partial charge < -0.3 is 10.4 Å². The van der Waals surface area contributed by atoms with Crippen molar-refractivity contribution in [2.24, 2.45) is 0 Å². The lowest BCUT2D eigenvalue weighted by molar-refractivity contribution is -0.137. The number of carbonyl (C=O) groups excluding carboxylic acids is 1. The molecular formula is C13H18N2O3. The monoisotopic (exact) mass is 250 g/mol. The zero-order valence-corrected chi connectivity index (χ0v) is 10.6. The number of amides is 2. The standard InChI is InChI=1S/C13H18N2O3/c1-10-5-3-6-11(9-10)15(2)13(18)14-8-4-7-12(16)17/h3,5-6,9H,4,7-8H2,1-2H3,(H,14,18)(H,16,17). The molecular weight excluding hydrogens is 232 g/mol. The third kappa shape index (κ3) is 4.45. The minimum atomic E-state index is -0.851. The molecule has 1 aromatic carbocycles. The van der Waals surface area contributed by atoms with Crippen molar-refractivity contribution >= 4 is 17.7 Å². The number of benzene rings is 1. The van der Waals surface area contributed by atoms with Gasteiger partial charge in [-0.15, -0.1) is 0 Å². The van der Waals surface area contributed by atoms with E-state index in [4.69, 9.17) is 5.11 Å². The number of anilines is 1. The van der Waals surface area contributed by atoms with Gasteiger partial charge in [0.1, 0.15) is 0 Å². The molecule has 0 aliphatic rings. The number of carboxylic acids is 1. The number of hydrogen-bond acceptors (Lipinski definition) is 2. The maximum absolute atomic E-state index is 11.8. The minimum Gasteiger partial charge on any atom is -0.481 e. The summed E-state index contributed by atoms with van der Waals surface area (Å²) in [5.74, 6) is -0.851. The van der Waals surface area contributed by atoms with Gasteiger partial charge in [-0.2, -0.15) is 0 Å². The Bertz CT molecular complexity index is 432. The highest BCUT2D eigenvalue weighted by Gasteiger charge is 2.09. The summed E-state index contributed by atoms with van der Waals surface area (Å²) < 4.78 is 0. The van der Waals surface area contributed by atoms with E-state index in [0.29, 0.717) is 13.0 Å². The van der Waals surface area contributed by atoms with Crippen LogP contribution in [0.2, 0.25) is 0 Å². The number of nitrogens with zero attached hydrogens (tertiary/aromatic N) is 1. The molecule has 2 amide bonds. The van der Waals surface area contributed by atoms with Crippen molar-refractivity contribution in [3.63, 3.8) is 0 Å². The second kappa shape index (κ2) is 6.64. The number of carboxylic acid groups (broad SMARTS) is 1. The maximum Gasteiger partial charge on any atom is 0.321 e. The zero-order chi connectivity index (χ0) is 13.5. The number of aryl methyl sites for hydroxylation is 1. The van der Waals surface area contributed by atoms with Crippen LogP contribution >= 0.6 is 0 Å². The van der Waals surface area contributed by atoms with Crippen LogP contribution in [0.3, 0.4) is 0 Å². The summed E-state index contributed by atoms with van der Waals surface area (Å²) in [6.45, 7) is 2.32. The zero-order valence-electron chi connectivity index (χ0n) is 10.6. The summed E-state index contributed by atoms with van der Waals surface area (Å²) >= 11 is 0. The van der Waals surface area contributed by atoms with E-state index in [9.17, 15) is 9.59 Å². The maximum atomic E-state index is 11.8. The lowest BCUT2D eigenvalue weighted by Gasteiger charge is -2.18. The van der Waals surface area contributed by atoms with Gasteiger partial charge in [-0.25, -0.2) is 4.79 Å². The third-order valence-corrected chi connectivity index (χ3v) is 2.54. The molecule has 0 aliphatic carbocycles. The summed E-state index contributed by atoms with van der Waals surface area (Å²) in [5.41, 5.74) is 1.89. The Labute approximate surface area is 106 Å². The van der Waals surface area contributed by atoms with Gasteiger partial charge in [0.05, 0.1) is 0 Å². The molecule has 0 spiro atoms. The van der Waals surface area contributed by atoms with E-state index >= 15 is 0 Å². The average Bonchev–Trinajstić information content (AvgIpc) is 2.33. The first-order valence-electron chi connectivity index (χ1n) is 5.80. The largest absolute Gasteiger partial charge is 0.481 e. The van der Waals surface area contributed by atoms with E-state index in [2.05, 4.69) is 5.32 Å². The van der Waals surface area contributed by atoms with Crippen LogP contribution in [0.25, 0.3) is 0 Å². The van der Waals surface area contributed by atoms with Crippen LogP contribution in [-0.4, -0.2) is 30.7 Å². The van der Waals surface area contributed by atoms with Crippen molar-refractivity contribution in [3.05, 3.63) is 29.8 Å². The van der Waals surface area contributed by atoms with Gasteiger partial charge in [0.25, 0.3) is 0 Å². The molecule has 0 aliphatic heterocycles. The second-order valence-electron chi connectivity index (χ2n) is 4.13. The lowest BCUT2D eigenvalue weighted by atomic mass is 10.2. The second-order valence-corrected chi connectivity index (χ2v) is 4.13. The smallest absolute Gasteiger partial charge is 0.321 e. The summed E-state index contributed by atoms with van der Waals surface area (Å²) in [4.78, 5) is 23.6. The van der Waals surface area contributed by atoms with Crippen molar-refractivity contribution in [3.8, 4) is 0 Å². The number of rotatable bonds is 5. The Balaban J connectivity index is 2.44. The van der Waals surface area contributed by atoms with Gasteiger partial charge in [0, 0.05) is 25.7 Å². The first kappa shape index (κ1) is 14.0. The van der Waals surface area contributed by atoms with E-state index in [0.717, 1.165) is 11.3 Å². The molecule has 1 rings (SSSR count). The van der Waals surface area contributed by atoms with Crippen molar-refractivity contribution in [1.82, 2.24) is 5.32 Å². The molecule has 0 fully saturated rings. The van der Waals surface area contributed by atoms with Crippen LogP contribution < -0.4 is 10.2 Å². The van der Waals surface area contributed by atoms with Crippen LogP contribution in [0.15, 0.2) is 24.3 Å². The van der Waals surface area contributed by atoms with E-state index in [1.807, 2.05) is 31.2 Å². The Kier molecular flexibility index (Phi) is 5.17. The van der Waals surface area contributed by atoms with E-state index in [1.165, 1.54) is 4.90 Å². The number of aliphatic carboxylic acids is 1. The van der Waals surface area contributed by atoms with E-state index in [1.54, 1.807) is 7.05 Å². The highest BCUT2D eigenvalue weighted by atomic mass is 16.4. The molecule has 0 unspecified atom stereocenters. The SMILES string of the molecule is Cc1cccc(N(C)C(=O)NCCCC(=O)O)c1. The fraction of sp³-hybridized carbons (Fsp3) is 0.385. The molecule has 0 saturated heterocycles. The number of urea groups is 1. The molecule has 0 aromatic heterocycles. The molecule has 0 bridgehead atoms. The summed E-state index contributed by atoms with van der Waals surface area (Å²) in [5, 5.41) is 11.2. The molecule has 0 atom stereocenters. The van der Waals surface area contributed by atoms with Gasteiger partial charge in [0.15, 0.2) is 0 Å². The van der Waals surface area contributed by atoms with E-state index in [-0.39, 0.29) is 12.5 Å². The van der Waals surface area contributed by atoms with Crippen LogP contribution in [-0.2, 0) is 4.79 Å². The van der Waals surface area contributed by atoms with Gasteiger partial charge in [-0.1, -0.05) is 12.1 Å². The lowest BCUT2D eigenvalue weighted by Crippen LogP contribution is -2.37. The Morgan fingerprint density at radius 1 is 1.39 bits per heavy atom. The number of hydrogen-bond donors (Lipinski definition) is 2. The third-order valence-electron chi connectivity index (χ3n) is 2.54. The van der Waals surface area contributed by atoms with Crippen LogP contribution in [0.1, 0.15) is 18.4 Å². The van der Waals surface area contributed by atoms with Gasteiger partial charge in [-0.05, 0) is 31.0 Å². The fourth-order valence-corrected chi connectivity index (χ4v) is 1.51. The molecule has 0 saturated carbocycles. The molecule has 2 N–H and O–H groups in total. The minimum absolute atomic E-state index is 0.0639. The topological polar surface area (TPSA) is 69.6 Å². The van der Waals surface area contributed by atoms with E-state index < -0.39 is 5.97 Å². The molecule has 0 radical (unpaired) electrons. The summed E-state index contributed by atoms with van der Waals surface area (Å²) in [6.07, 6.45) is 0.497. The molecule has 18 heavy (non-hydrogen) atoms. The molecule has 1 aromatic rings. The highest BCUT2D eigenvalue weighted by Crippen LogP contribution is 2.13. The van der Waals surface area contributed by atoms with Crippen molar-refractivity contribution < 1.29 is 14.7 Å². The number of nitrogens with one attached hydrogen (secondary N) is 1.